The Balaban J connectivity index is 2.78. The molecule has 0 aliphatic heterocycles. The van der Waals surface area contributed by atoms with Crippen LogP contribution in [-0.4, -0.2) is 26.2 Å². The molecule has 0 saturated carbocycles. The third-order valence-corrected chi connectivity index (χ3v) is 2.63. The number of aliphatic hydroxyl groups excluding tert-OH is 2. The van der Waals surface area contributed by atoms with E-state index in [0.717, 1.165) is 6.20 Å². The smallest absolute Gasteiger partial charge is 0.344 e. The monoisotopic (exact) mass is 229 g/mol. The SMILES string of the molecule is N#CCC(O)C(O)c1ncc([N+](=O)[O-])s1. The van der Waals surface area contributed by atoms with Crippen LogP contribution in [0.4, 0.5) is 5.00 Å². The molecule has 15 heavy (non-hydrogen) atoms. The Morgan fingerprint density at radius 2 is 2.40 bits per heavy atom. The quantitative estimate of drug-likeness (QED) is 0.568. The van der Waals surface area contributed by atoms with Crippen LogP contribution in [0.3, 0.4) is 0 Å². The van der Waals surface area contributed by atoms with Gasteiger partial charge in [-0.05, 0) is 11.3 Å². The number of hydrogen-bond acceptors (Lipinski definition) is 7. The van der Waals surface area contributed by atoms with Crippen LogP contribution in [0.25, 0.3) is 0 Å². The fourth-order valence-electron chi connectivity index (χ4n) is 0.870. The Morgan fingerprint density at radius 1 is 1.73 bits per heavy atom. The lowest BCUT2D eigenvalue weighted by molar-refractivity contribution is -0.380. The number of aromatic nitrogens is 1. The zero-order chi connectivity index (χ0) is 11.4. The van der Waals surface area contributed by atoms with Crippen molar-refractivity contribution in [1.82, 2.24) is 4.98 Å². The van der Waals surface area contributed by atoms with Crippen molar-refractivity contribution in [2.75, 3.05) is 0 Å². The summed E-state index contributed by atoms with van der Waals surface area (Å²) < 4.78 is 0. The molecule has 0 saturated heterocycles. The van der Waals surface area contributed by atoms with Crippen LogP contribution < -0.4 is 0 Å². The number of nitriles is 1. The van der Waals surface area contributed by atoms with Gasteiger partial charge in [-0.2, -0.15) is 5.26 Å². The molecule has 0 radical (unpaired) electrons. The summed E-state index contributed by atoms with van der Waals surface area (Å²) in [4.78, 5) is 13.3. The molecule has 8 heteroatoms. The number of nitro groups is 1. The van der Waals surface area contributed by atoms with Gasteiger partial charge in [-0.3, -0.25) is 10.1 Å². The molecule has 1 aromatic rings. The van der Waals surface area contributed by atoms with Crippen molar-refractivity contribution in [2.24, 2.45) is 0 Å². The van der Waals surface area contributed by atoms with Crippen LogP contribution in [0, 0.1) is 21.4 Å². The minimum atomic E-state index is -1.36. The van der Waals surface area contributed by atoms with Gasteiger partial charge in [0, 0.05) is 0 Å². The van der Waals surface area contributed by atoms with Crippen molar-refractivity contribution >= 4 is 16.3 Å². The maximum absolute atomic E-state index is 10.3. The van der Waals surface area contributed by atoms with Gasteiger partial charge in [-0.15, -0.1) is 0 Å². The summed E-state index contributed by atoms with van der Waals surface area (Å²) in [5.41, 5.74) is 0. The van der Waals surface area contributed by atoms with E-state index in [2.05, 4.69) is 4.98 Å². The zero-order valence-electron chi connectivity index (χ0n) is 7.40. The van der Waals surface area contributed by atoms with Gasteiger partial charge in [0.2, 0.25) is 0 Å². The number of thiazole rings is 1. The van der Waals surface area contributed by atoms with Crippen LogP contribution in [0.2, 0.25) is 0 Å². The number of nitrogens with zero attached hydrogens (tertiary/aromatic N) is 3. The molecular weight excluding hydrogens is 222 g/mol. The molecule has 1 aromatic heterocycles. The number of hydrogen-bond donors (Lipinski definition) is 2. The van der Waals surface area contributed by atoms with Crippen molar-refractivity contribution in [3.05, 3.63) is 21.3 Å². The van der Waals surface area contributed by atoms with Crippen LogP contribution in [0.1, 0.15) is 17.5 Å². The molecule has 80 valence electrons. The van der Waals surface area contributed by atoms with E-state index in [9.17, 15) is 20.3 Å². The van der Waals surface area contributed by atoms with Gasteiger partial charge in [0.05, 0.1) is 23.5 Å². The van der Waals surface area contributed by atoms with Gasteiger partial charge in [0.1, 0.15) is 17.3 Å². The highest BCUT2D eigenvalue weighted by molar-refractivity contribution is 7.14. The normalized spacial score (nSPS) is 14.2. The highest BCUT2D eigenvalue weighted by atomic mass is 32.1. The Hall–Kier alpha value is -1.56. The first-order valence-corrected chi connectivity index (χ1v) is 4.71. The summed E-state index contributed by atoms with van der Waals surface area (Å²) in [6, 6.07) is 1.68. The largest absolute Gasteiger partial charge is 0.389 e. The van der Waals surface area contributed by atoms with Gasteiger partial charge >= 0.3 is 5.00 Å². The number of aliphatic hydroxyl groups is 2. The Bertz CT molecular complexity index is 399. The summed E-state index contributed by atoms with van der Waals surface area (Å²) in [5, 5.41) is 37.1. The molecule has 7 nitrogen and oxygen atoms in total. The Kier molecular flexibility index (Phi) is 3.68. The first-order chi connectivity index (χ1) is 7.06. The van der Waals surface area contributed by atoms with Gasteiger partial charge in [0.15, 0.2) is 0 Å². The molecule has 0 aromatic carbocycles. The molecule has 0 aliphatic carbocycles. The molecule has 2 atom stereocenters. The highest BCUT2D eigenvalue weighted by Crippen LogP contribution is 2.28. The van der Waals surface area contributed by atoms with Crippen molar-refractivity contribution in [2.45, 2.75) is 18.6 Å². The van der Waals surface area contributed by atoms with E-state index in [4.69, 9.17) is 5.26 Å². The molecule has 2 unspecified atom stereocenters. The zero-order valence-corrected chi connectivity index (χ0v) is 8.22. The lowest BCUT2D eigenvalue weighted by Gasteiger charge is -2.11. The van der Waals surface area contributed by atoms with E-state index < -0.39 is 17.1 Å². The first kappa shape index (κ1) is 11.5. The Labute approximate surface area is 88.4 Å². The van der Waals surface area contributed by atoms with Gasteiger partial charge in [-0.25, -0.2) is 4.98 Å². The van der Waals surface area contributed by atoms with Crippen LogP contribution in [0.15, 0.2) is 6.20 Å². The van der Waals surface area contributed by atoms with E-state index in [1.807, 2.05) is 0 Å². The van der Waals surface area contributed by atoms with Crippen LogP contribution in [-0.2, 0) is 0 Å². The fraction of sp³-hybridized carbons (Fsp3) is 0.429. The van der Waals surface area contributed by atoms with Crippen molar-refractivity contribution in [3.8, 4) is 6.07 Å². The fourth-order valence-corrected chi connectivity index (χ4v) is 1.65. The minimum Gasteiger partial charge on any atom is -0.389 e. The summed E-state index contributed by atoms with van der Waals surface area (Å²) in [5.74, 6) is 0. The van der Waals surface area contributed by atoms with Crippen LogP contribution in [0.5, 0.6) is 0 Å². The summed E-state index contributed by atoms with van der Waals surface area (Å²) in [6.45, 7) is 0. The second-order valence-corrected chi connectivity index (χ2v) is 3.71. The topological polar surface area (TPSA) is 120 Å². The maximum atomic E-state index is 10.3. The predicted octanol–water partition coefficient (Wildman–Crippen LogP) is 0.359. The lowest BCUT2D eigenvalue weighted by Crippen LogP contribution is -2.17. The maximum Gasteiger partial charge on any atom is 0.344 e. The van der Waals surface area contributed by atoms with Gasteiger partial charge < -0.3 is 10.2 Å². The van der Waals surface area contributed by atoms with E-state index in [1.165, 1.54) is 0 Å². The second kappa shape index (κ2) is 4.79. The van der Waals surface area contributed by atoms with E-state index >= 15 is 0 Å². The van der Waals surface area contributed by atoms with Crippen molar-refractivity contribution in [3.63, 3.8) is 0 Å². The first-order valence-electron chi connectivity index (χ1n) is 3.89. The molecule has 1 heterocycles. The number of rotatable bonds is 4. The van der Waals surface area contributed by atoms with Crippen molar-refractivity contribution < 1.29 is 15.1 Å². The lowest BCUT2D eigenvalue weighted by atomic mass is 10.1. The summed E-state index contributed by atoms with van der Waals surface area (Å²) in [6.07, 6.45) is -1.89. The Morgan fingerprint density at radius 3 is 2.87 bits per heavy atom. The third-order valence-electron chi connectivity index (χ3n) is 1.61. The average molecular weight is 229 g/mol. The van der Waals surface area contributed by atoms with Gasteiger partial charge in [0.25, 0.3) is 0 Å². The molecule has 0 aliphatic rings. The highest BCUT2D eigenvalue weighted by Gasteiger charge is 2.23. The molecule has 0 spiro atoms. The van der Waals surface area contributed by atoms with Crippen molar-refractivity contribution in [1.29, 1.82) is 5.26 Å². The van der Waals surface area contributed by atoms with E-state index in [1.54, 1.807) is 6.07 Å². The molecule has 0 fully saturated rings. The summed E-state index contributed by atoms with van der Waals surface area (Å²) in [7, 11) is 0. The van der Waals surface area contributed by atoms with Gasteiger partial charge in [-0.1, -0.05) is 0 Å². The predicted molar refractivity (Wildman–Crippen MR) is 50.0 cm³/mol. The third kappa shape index (κ3) is 2.69. The van der Waals surface area contributed by atoms with Crippen LogP contribution >= 0.6 is 11.3 Å². The van der Waals surface area contributed by atoms with E-state index in [-0.39, 0.29) is 16.4 Å². The second-order valence-electron chi connectivity index (χ2n) is 2.67. The molecule has 2 N–H and O–H groups in total. The molecule has 0 bridgehead atoms. The molecular formula is C7H7N3O4S. The minimum absolute atomic E-state index is 0.0319. The van der Waals surface area contributed by atoms with E-state index in [0.29, 0.717) is 11.3 Å². The standard InChI is InChI=1S/C7H7N3O4S/c8-2-1-4(11)6(12)7-9-3-5(15-7)10(13)14/h3-4,6,11-12H,1H2. The summed E-state index contributed by atoms with van der Waals surface area (Å²) >= 11 is 0.674. The molecule has 1 rings (SSSR count). The average Bonchev–Trinajstić information content (AvgIpc) is 2.65. The molecule has 0 amide bonds.